The number of hydrogen-bond donors (Lipinski definition) is 1. The van der Waals surface area contributed by atoms with Gasteiger partial charge in [-0.2, -0.15) is 0 Å². The molecule has 0 spiro atoms. The Kier molecular flexibility index (Phi) is 3.78. The van der Waals surface area contributed by atoms with Crippen LogP contribution < -0.4 is 0 Å². The first kappa shape index (κ1) is 11.8. The van der Waals surface area contributed by atoms with Gasteiger partial charge in [0.1, 0.15) is 5.60 Å². The molecule has 0 aliphatic rings. The third kappa shape index (κ3) is 2.20. The van der Waals surface area contributed by atoms with Gasteiger partial charge in [0.05, 0.1) is 6.61 Å². The zero-order valence-electron chi connectivity index (χ0n) is 8.05. The number of methoxy groups -OCH3 is 1. The highest BCUT2D eigenvalue weighted by molar-refractivity contribution is 6.35. The van der Waals surface area contributed by atoms with E-state index in [0.29, 0.717) is 10.0 Å². The van der Waals surface area contributed by atoms with Crippen molar-refractivity contribution in [1.29, 1.82) is 0 Å². The molecule has 14 heavy (non-hydrogen) atoms. The summed E-state index contributed by atoms with van der Waals surface area (Å²) in [6.07, 6.45) is 0. The Labute approximate surface area is 93.4 Å². The van der Waals surface area contributed by atoms with Crippen molar-refractivity contribution < 1.29 is 9.84 Å². The van der Waals surface area contributed by atoms with Gasteiger partial charge < -0.3 is 9.84 Å². The fraction of sp³-hybridized carbons (Fsp3) is 0.400. The largest absolute Gasteiger partial charge is 0.393 e. The van der Waals surface area contributed by atoms with Gasteiger partial charge in [-0.15, -0.1) is 0 Å². The SMILES string of the molecule is COC(C)(CO)c1ccc(Cl)cc1Cl. The summed E-state index contributed by atoms with van der Waals surface area (Å²) < 4.78 is 5.22. The fourth-order valence-electron chi connectivity index (χ4n) is 1.18. The van der Waals surface area contributed by atoms with E-state index in [1.54, 1.807) is 25.1 Å². The third-order valence-corrected chi connectivity index (χ3v) is 2.80. The molecule has 0 aromatic heterocycles. The molecule has 0 fully saturated rings. The molecule has 1 atom stereocenters. The summed E-state index contributed by atoms with van der Waals surface area (Å²) in [5.41, 5.74) is -0.0460. The average molecular weight is 235 g/mol. The van der Waals surface area contributed by atoms with Crippen molar-refractivity contribution in [2.75, 3.05) is 13.7 Å². The maximum absolute atomic E-state index is 9.22. The predicted octanol–water partition coefficient (Wildman–Crippen LogP) is 2.85. The predicted molar refractivity (Wildman–Crippen MR) is 57.9 cm³/mol. The molecular formula is C10H12Cl2O2. The summed E-state index contributed by atoms with van der Waals surface area (Å²) in [5.74, 6) is 0. The van der Waals surface area contributed by atoms with Crippen molar-refractivity contribution >= 4 is 23.2 Å². The van der Waals surface area contributed by atoms with Crippen LogP contribution in [0.2, 0.25) is 10.0 Å². The second-order valence-electron chi connectivity index (χ2n) is 3.22. The second-order valence-corrected chi connectivity index (χ2v) is 4.06. The highest BCUT2D eigenvalue weighted by Gasteiger charge is 2.27. The Morgan fingerprint density at radius 1 is 1.43 bits per heavy atom. The van der Waals surface area contributed by atoms with Crippen molar-refractivity contribution in [3.8, 4) is 0 Å². The van der Waals surface area contributed by atoms with Gasteiger partial charge in [0.25, 0.3) is 0 Å². The molecule has 0 aliphatic heterocycles. The molecule has 0 bridgehead atoms. The van der Waals surface area contributed by atoms with E-state index in [2.05, 4.69) is 0 Å². The first-order valence-corrected chi connectivity index (χ1v) is 4.90. The van der Waals surface area contributed by atoms with E-state index in [9.17, 15) is 5.11 Å². The normalized spacial score (nSPS) is 15.2. The lowest BCUT2D eigenvalue weighted by molar-refractivity contribution is -0.0421. The number of rotatable bonds is 3. The van der Waals surface area contributed by atoms with Gasteiger partial charge in [0.2, 0.25) is 0 Å². The number of aliphatic hydroxyl groups is 1. The molecule has 0 amide bonds. The topological polar surface area (TPSA) is 29.5 Å². The fourth-order valence-corrected chi connectivity index (χ4v) is 1.79. The standard InChI is InChI=1S/C10H12Cl2O2/c1-10(6-13,14-2)8-4-3-7(11)5-9(8)12/h3-5,13H,6H2,1-2H3. The van der Waals surface area contributed by atoms with Crippen LogP contribution in [0.4, 0.5) is 0 Å². The van der Waals surface area contributed by atoms with Crippen LogP contribution in [-0.2, 0) is 10.3 Å². The van der Waals surface area contributed by atoms with Gasteiger partial charge in [0.15, 0.2) is 0 Å². The molecule has 0 heterocycles. The zero-order valence-corrected chi connectivity index (χ0v) is 9.56. The monoisotopic (exact) mass is 234 g/mol. The summed E-state index contributed by atoms with van der Waals surface area (Å²) in [6.45, 7) is 1.63. The van der Waals surface area contributed by atoms with Crippen LogP contribution >= 0.6 is 23.2 Å². The number of halogens is 2. The maximum Gasteiger partial charge on any atom is 0.114 e. The van der Waals surface area contributed by atoms with Gasteiger partial charge >= 0.3 is 0 Å². The summed E-state index contributed by atoms with van der Waals surface area (Å²) >= 11 is 11.8. The first-order chi connectivity index (χ1) is 6.53. The Morgan fingerprint density at radius 3 is 2.50 bits per heavy atom. The number of benzene rings is 1. The van der Waals surface area contributed by atoms with E-state index < -0.39 is 5.60 Å². The quantitative estimate of drug-likeness (QED) is 0.872. The Bertz CT molecular complexity index is 322. The van der Waals surface area contributed by atoms with Crippen LogP contribution in [0.3, 0.4) is 0 Å². The third-order valence-electron chi connectivity index (χ3n) is 2.25. The molecule has 1 aromatic rings. The van der Waals surface area contributed by atoms with E-state index in [4.69, 9.17) is 27.9 Å². The Hall–Kier alpha value is -0.280. The molecule has 1 rings (SSSR count). The molecule has 1 N–H and O–H groups in total. The second kappa shape index (κ2) is 4.49. The van der Waals surface area contributed by atoms with E-state index in [1.165, 1.54) is 7.11 Å². The molecule has 1 unspecified atom stereocenters. The van der Waals surface area contributed by atoms with Crippen molar-refractivity contribution in [2.45, 2.75) is 12.5 Å². The molecule has 4 heteroatoms. The van der Waals surface area contributed by atoms with Gasteiger partial charge in [-0.05, 0) is 19.1 Å². The lowest BCUT2D eigenvalue weighted by Crippen LogP contribution is -2.29. The van der Waals surface area contributed by atoms with Crippen LogP contribution in [0.25, 0.3) is 0 Å². The number of ether oxygens (including phenoxy) is 1. The van der Waals surface area contributed by atoms with Crippen molar-refractivity contribution in [1.82, 2.24) is 0 Å². The van der Waals surface area contributed by atoms with Crippen molar-refractivity contribution in [2.24, 2.45) is 0 Å². The minimum Gasteiger partial charge on any atom is -0.393 e. The first-order valence-electron chi connectivity index (χ1n) is 4.15. The lowest BCUT2D eigenvalue weighted by atomic mass is 9.97. The smallest absolute Gasteiger partial charge is 0.114 e. The molecule has 0 radical (unpaired) electrons. The van der Waals surface area contributed by atoms with Crippen LogP contribution in [0.1, 0.15) is 12.5 Å². The zero-order chi connectivity index (χ0) is 10.8. The Balaban J connectivity index is 3.17. The molecule has 0 saturated heterocycles. The summed E-state index contributed by atoms with van der Waals surface area (Å²) in [5, 5.41) is 10.3. The Morgan fingerprint density at radius 2 is 2.07 bits per heavy atom. The minimum absolute atomic E-state index is 0.134. The molecule has 2 nitrogen and oxygen atoms in total. The number of aliphatic hydroxyl groups excluding tert-OH is 1. The number of hydrogen-bond acceptors (Lipinski definition) is 2. The van der Waals surface area contributed by atoms with Crippen LogP contribution in [0, 0.1) is 0 Å². The molecule has 1 aromatic carbocycles. The minimum atomic E-state index is -0.776. The summed E-state index contributed by atoms with van der Waals surface area (Å²) in [4.78, 5) is 0. The molecule has 0 saturated carbocycles. The van der Waals surface area contributed by atoms with Gasteiger partial charge in [0, 0.05) is 22.7 Å². The van der Waals surface area contributed by atoms with E-state index in [0.717, 1.165) is 5.56 Å². The van der Waals surface area contributed by atoms with Gasteiger partial charge in [-0.3, -0.25) is 0 Å². The van der Waals surface area contributed by atoms with Crippen LogP contribution in [-0.4, -0.2) is 18.8 Å². The molecule has 0 aliphatic carbocycles. The van der Waals surface area contributed by atoms with Crippen molar-refractivity contribution in [3.63, 3.8) is 0 Å². The molecular weight excluding hydrogens is 223 g/mol. The van der Waals surface area contributed by atoms with Crippen LogP contribution in [0.15, 0.2) is 18.2 Å². The van der Waals surface area contributed by atoms with Gasteiger partial charge in [-0.1, -0.05) is 29.3 Å². The maximum atomic E-state index is 9.22. The van der Waals surface area contributed by atoms with E-state index in [-0.39, 0.29) is 6.61 Å². The van der Waals surface area contributed by atoms with E-state index in [1.807, 2.05) is 0 Å². The van der Waals surface area contributed by atoms with Crippen molar-refractivity contribution in [3.05, 3.63) is 33.8 Å². The van der Waals surface area contributed by atoms with Gasteiger partial charge in [-0.25, -0.2) is 0 Å². The summed E-state index contributed by atoms with van der Waals surface area (Å²) in [7, 11) is 1.53. The van der Waals surface area contributed by atoms with Crippen LogP contribution in [0.5, 0.6) is 0 Å². The lowest BCUT2D eigenvalue weighted by Gasteiger charge is -2.27. The highest BCUT2D eigenvalue weighted by atomic mass is 35.5. The summed E-state index contributed by atoms with van der Waals surface area (Å²) in [6, 6.07) is 5.10. The highest BCUT2D eigenvalue weighted by Crippen LogP contribution is 2.32. The average Bonchev–Trinajstić information content (AvgIpc) is 2.17. The van der Waals surface area contributed by atoms with E-state index >= 15 is 0 Å². The molecule has 78 valence electrons.